The monoisotopic (exact) mass is 676 g/mol. The normalized spacial score (nSPS) is 21.1. The molecule has 2 aliphatic heterocycles. The summed E-state index contributed by atoms with van der Waals surface area (Å²) in [6.07, 6.45) is -0.487. The van der Waals surface area contributed by atoms with Gasteiger partial charge in [0.1, 0.15) is 17.2 Å². The number of piperidine rings is 1. The molecule has 2 saturated heterocycles. The summed E-state index contributed by atoms with van der Waals surface area (Å²) < 4.78 is 81.7. The van der Waals surface area contributed by atoms with Crippen molar-refractivity contribution in [3.63, 3.8) is 0 Å². The molecule has 47 heavy (non-hydrogen) atoms. The van der Waals surface area contributed by atoms with Gasteiger partial charge in [-0.1, -0.05) is 17.3 Å². The van der Waals surface area contributed by atoms with E-state index >= 15 is 0 Å². The van der Waals surface area contributed by atoms with Gasteiger partial charge in [0, 0.05) is 40.4 Å². The van der Waals surface area contributed by atoms with E-state index in [1.165, 1.54) is 44.2 Å². The molecule has 2 N–H and O–H groups in total. The average Bonchev–Trinajstić information content (AvgIpc) is 3.70. The highest BCUT2D eigenvalue weighted by Gasteiger charge is 2.44. The summed E-state index contributed by atoms with van der Waals surface area (Å²) in [5, 5.41) is 6.25. The van der Waals surface area contributed by atoms with Crippen LogP contribution in [0.3, 0.4) is 0 Å². The van der Waals surface area contributed by atoms with Crippen molar-refractivity contribution >= 4 is 27.6 Å². The maximum Gasteiger partial charge on any atom is 0.573 e. The van der Waals surface area contributed by atoms with E-state index in [0.29, 0.717) is 29.9 Å². The molecule has 3 fully saturated rings. The lowest BCUT2D eigenvalue weighted by Crippen LogP contribution is -2.50. The minimum absolute atomic E-state index is 0.0733. The Morgan fingerprint density at radius 3 is 2.30 bits per heavy atom. The van der Waals surface area contributed by atoms with Crippen LogP contribution in [0.15, 0.2) is 53.1 Å². The van der Waals surface area contributed by atoms with E-state index < -0.39 is 27.5 Å². The number of benzene rings is 2. The molecule has 2 atom stereocenters. The number of rotatable bonds is 10. The first-order valence-electron chi connectivity index (χ1n) is 15.5. The summed E-state index contributed by atoms with van der Waals surface area (Å²) in [5.41, 5.74) is 1.63. The second kappa shape index (κ2) is 12.8. The Hall–Kier alpha value is -4.11. The smallest absolute Gasteiger partial charge is 0.405 e. The molecule has 2 bridgehead atoms. The highest BCUT2D eigenvalue weighted by atomic mass is 32.2. The van der Waals surface area contributed by atoms with Gasteiger partial charge in [-0.15, -0.1) is 13.2 Å². The zero-order valence-electron chi connectivity index (χ0n) is 25.7. The largest absolute Gasteiger partial charge is 0.573 e. The predicted molar refractivity (Wildman–Crippen MR) is 164 cm³/mol. The van der Waals surface area contributed by atoms with E-state index in [1.54, 1.807) is 18.2 Å². The maximum atomic E-state index is 13.3. The van der Waals surface area contributed by atoms with Gasteiger partial charge in [0.05, 0.1) is 18.0 Å². The molecule has 11 nitrogen and oxygen atoms in total. The van der Waals surface area contributed by atoms with Crippen LogP contribution in [0.1, 0.15) is 80.0 Å². The number of urea groups is 1. The van der Waals surface area contributed by atoms with Gasteiger partial charge in [0.2, 0.25) is 10.0 Å². The molecule has 3 amide bonds. The van der Waals surface area contributed by atoms with Gasteiger partial charge in [-0.25, -0.2) is 17.9 Å². The van der Waals surface area contributed by atoms with Gasteiger partial charge < -0.3 is 24.2 Å². The molecule has 3 heterocycles. The van der Waals surface area contributed by atoms with E-state index in [0.717, 1.165) is 25.7 Å². The SMILES string of the molecule is CC(C)S(=O)(=O)NC(=O)c1ccc(NC(=O)N2C3CCC2CC(OCc2c(-c4ccccc4OC(F)(F)F)noc2C2CC2)C3)cc1. The summed E-state index contributed by atoms with van der Waals surface area (Å²) in [6.45, 7) is 3.03. The molecule has 0 spiro atoms. The molecule has 0 radical (unpaired) electrons. The van der Waals surface area contributed by atoms with Crippen LogP contribution in [0.5, 0.6) is 5.75 Å². The third-order valence-electron chi connectivity index (χ3n) is 8.78. The van der Waals surface area contributed by atoms with Crippen LogP contribution in [0.25, 0.3) is 11.3 Å². The fourth-order valence-electron chi connectivity index (χ4n) is 6.21. The Labute approximate surface area is 269 Å². The number of ether oxygens (including phenoxy) is 2. The molecule has 1 aliphatic carbocycles. The number of amides is 3. The van der Waals surface area contributed by atoms with Crippen molar-refractivity contribution in [3.8, 4) is 17.0 Å². The van der Waals surface area contributed by atoms with Crippen LogP contribution in [0.4, 0.5) is 23.7 Å². The van der Waals surface area contributed by atoms with Crippen LogP contribution >= 0.6 is 0 Å². The van der Waals surface area contributed by atoms with Crippen LogP contribution in [0, 0.1) is 0 Å². The van der Waals surface area contributed by atoms with Crippen LogP contribution in [-0.2, 0) is 21.4 Å². The van der Waals surface area contributed by atoms with Crippen molar-refractivity contribution in [2.75, 3.05) is 5.32 Å². The Balaban J connectivity index is 1.09. The van der Waals surface area contributed by atoms with E-state index in [4.69, 9.17) is 9.26 Å². The van der Waals surface area contributed by atoms with E-state index in [1.807, 2.05) is 9.62 Å². The lowest BCUT2D eigenvalue weighted by Gasteiger charge is -2.38. The van der Waals surface area contributed by atoms with Gasteiger partial charge in [-0.3, -0.25) is 4.79 Å². The number of nitrogens with one attached hydrogen (secondary N) is 2. The topological polar surface area (TPSA) is 140 Å². The first kappa shape index (κ1) is 32.8. The van der Waals surface area contributed by atoms with Gasteiger partial charge in [-0.05, 0) is 88.8 Å². The predicted octanol–water partition coefficient (Wildman–Crippen LogP) is 6.33. The maximum absolute atomic E-state index is 13.3. The highest BCUT2D eigenvalue weighted by Crippen LogP contribution is 2.46. The molecule has 15 heteroatoms. The van der Waals surface area contributed by atoms with Crippen molar-refractivity contribution in [2.24, 2.45) is 0 Å². The van der Waals surface area contributed by atoms with Crippen molar-refractivity contribution in [1.29, 1.82) is 0 Å². The number of carbonyl (C=O) groups excluding carboxylic acids is 2. The Morgan fingerprint density at radius 2 is 1.68 bits per heavy atom. The number of alkyl halides is 3. The van der Waals surface area contributed by atoms with Crippen LogP contribution in [-0.4, -0.2) is 60.2 Å². The zero-order valence-corrected chi connectivity index (χ0v) is 26.6. The number of fused-ring (bicyclic) bond motifs is 2. The zero-order chi connectivity index (χ0) is 33.5. The number of halogens is 3. The highest BCUT2D eigenvalue weighted by molar-refractivity contribution is 7.90. The fourth-order valence-corrected chi connectivity index (χ4v) is 6.82. The van der Waals surface area contributed by atoms with Crippen LogP contribution < -0.4 is 14.8 Å². The summed E-state index contributed by atoms with van der Waals surface area (Å²) in [4.78, 5) is 27.5. The molecular weight excluding hydrogens is 641 g/mol. The molecule has 3 aliphatic rings. The van der Waals surface area contributed by atoms with Gasteiger partial charge in [0.15, 0.2) is 0 Å². The van der Waals surface area contributed by atoms with E-state index in [-0.39, 0.29) is 59.3 Å². The molecule has 2 aromatic carbocycles. The summed E-state index contributed by atoms with van der Waals surface area (Å²) in [7, 11) is -3.78. The molecule has 252 valence electrons. The number of hydrogen-bond acceptors (Lipinski definition) is 8. The minimum Gasteiger partial charge on any atom is -0.405 e. The van der Waals surface area contributed by atoms with Gasteiger partial charge in [-0.2, -0.15) is 0 Å². The quantitative estimate of drug-likeness (QED) is 0.254. The van der Waals surface area contributed by atoms with Crippen molar-refractivity contribution in [3.05, 3.63) is 65.4 Å². The number of anilines is 1. The van der Waals surface area contributed by atoms with Crippen molar-refractivity contribution in [2.45, 2.75) is 94.7 Å². The lowest BCUT2D eigenvalue weighted by molar-refractivity contribution is -0.274. The molecule has 3 aromatic rings. The van der Waals surface area contributed by atoms with Crippen molar-refractivity contribution in [1.82, 2.24) is 14.8 Å². The number of aromatic nitrogens is 1. The first-order valence-corrected chi connectivity index (χ1v) is 17.0. The Kier molecular flexibility index (Phi) is 8.96. The Bertz CT molecular complexity index is 1730. The van der Waals surface area contributed by atoms with Gasteiger partial charge in [0.25, 0.3) is 5.91 Å². The Morgan fingerprint density at radius 1 is 1.02 bits per heavy atom. The summed E-state index contributed by atoms with van der Waals surface area (Å²) in [5.74, 6) is -0.361. The molecule has 1 saturated carbocycles. The number of nitrogens with zero attached hydrogens (tertiary/aromatic N) is 2. The molecular formula is C32H35F3N4O7S. The lowest BCUT2D eigenvalue weighted by atomic mass is 9.99. The van der Waals surface area contributed by atoms with Crippen LogP contribution in [0.2, 0.25) is 0 Å². The average molecular weight is 677 g/mol. The summed E-state index contributed by atoms with van der Waals surface area (Å²) in [6, 6.07) is 11.4. The third-order valence-corrected chi connectivity index (χ3v) is 10.5. The number of sulfonamides is 1. The number of para-hydroxylation sites is 1. The standard InChI is InChI=1S/C32H35F3N4O7S/c1-18(2)47(42,43)38-30(40)20-9-11-21(12-10-20)36-31(41)39-22-13-14-23(39)16-24(15-22)44-17-26-28(37-46-29(26)19-7-8-19)25-5-3-4-6-27(25)45-32(33,34)35/h3-6,9-12,18-19,22-24H,7-8,13-17H2,1-2H3,(H,36,41)(H,38,40). The van der Waals surface area contributed by atoms with Crippen molar-refractivity contribution < 1.29 is 45.2 Å². The van der Waals surface area contributed by atoms with E-state index in [9.17, 15) is 31.2 Å². The molecule has 2 unspecified atom stereocenters. The second-order valence-electron chi connectivity index (χ2n) is 12.4. The number of carbonyl (C=O) groups is 2. The third kappa shape index (κ3) is 7.40. The molecule has 6 rings (SSSR count). The molecule has 1 aromatic heterocycles. The summed E-state index contributed by atoms with van der Waals surface area (Å²) >= 11 is 0. The van der Waals surface area contributed by atoms with E-state index in [2.05, 4.69) is 15.2 Å². The first-order chi connectivity index (χ1) is 22.3. The minimum atomic E-state index is -4.87. The fraction of sp³-hybridized carbons (Fsp3) is 0.469. The second-order valence-corrected chi connectivity index (χ2v) is 14.7. The number of hydrogen-bond donors (Lipinski definition) is 2. The van der Waals surface area contributed by atoms with Gasteiger partial charge >= 0.3 is 12.4 Å².